The first kappa shape index (κ1) is 16.6. The van der Waals surface area contributed by atoms with Gasteiger partial charge in [-0.15, -0.1) is 0 Å². The maximum absolute atomic E-state index is 13.6. The topological polar surface area (TPSA) is 64.4 Å². The molecule has 3 atom stereocenters. The summed E-state index contributed by atoms with van der Waals surface area (Å²) < 4.78 is 19.3. The number of rotatable bonds is 5. The summed E-state index contributed by atoms with van der Waals surface area (Å²) in [5, 5.41) is 2.99. The summed E-state index contributed by atoms with van der Waals surface area (Å²) in [5.74, 6) is -0.521. The summed E-state index contributed by atoms with van der Waals surface area (Å²) >= 11 is 0. The number of carbonyl (C=O) groups excluding carboxylic acids is 1. The van der Waals surface area contributed by atoms with E-state index in [9.17, 15) is 9.18 Å². The van der Waals surface area contributed by atoms with Gasteiger partial charge in [0.1, 0.15) is 11.9 Å². The van der Waals surface area contributed by atoms with Gasteiger partial charge < -0.3 is 15.8 Å². The quantitative estimate of drug-likeness (QED) is 0.886. The van der Waals surface area contributed by atoms with Crippen LogP contribution in [0.4, 0.5) is 4.39 Å². The minimum atomic E-state index is -0.502. The molecule has 2 aromatic rings. The highest BCUT2D eigenvalue weighted by molar-refractivity contribution is 5.82. The van der Waals surface area contributed by atoms with Gasteiger partial charge in [-0.3, -0.25) is 4.79 Å². The molecular weight excluding hydrogens is 307 g/mol. The molecule has 2 aromatic carbocycles. The van der Waals surface area contributed by atoms with Crippen LogP contribution in [0.1, 0.15) is 30.0 Å². The zero-order valence-electron chi connectivity index (χ0n) is 13.3. The molecule has 5 heteroatoms. The first-order valence-electron chi connectivity index (χ1n) is 8.13. The van der Waals surface area contributed by atoms with E-state index in [0.29, 0.717) is 18.5 Å². The molecule has 1 aliphatic heterocycles. The Morgan fingerprint density at radius 1 is 1.17 bits per heavy atom. The summed E-state index contributed by atoms with van der Waals surface area (Å²) in [6, 6.07) is 15.4. The van der Waals surface area contributed by atoms with E-state index in [-0.39, 0.29) is 17.8 Å². The van der Waals surface area contributed by atoms with Crippen molar-refractivity contribution in [1.29, 1.82) is 0 Å². The zero-order chi connectivity index (χ0) is 16.9. The second-order valence-electron chi connectivity index (χ2n) is 5.97. The molecule has 1 heterocycles. The van der Waals surface area contributed by atoms with E-state index in [1.165, 1.54) is 12.1 Å². The van der Waals surface area contributed by atoms with Crippen LogP contribution in [0, 0.1) is 5.82 Å². The number of ether oxygens (including phenoxy) is 1. The standard InChI is InChI=1S/C19H21FN2O2/c20-15-8-4-7-14(11-15)18(13-5-2-1-3-6-13)22-19(23)17-10-9-16(12-21)24-17/h1-8,11,16-18H,9-10,12,21H2,(H,22,23)/t16-,17+,18?/m1/s1. The van der Waals surface area contributed by atoms with Crippen LogP contribution in [0.3, 0.4) is 0 Å². The molecule has 0 aliphatic carbocycles. The predicted octanol–water partition coefficient (Wildman–Crippen LogP) is 2.54. The molecular formula is C19H21FN2O2. The number of halogens is 1. The van der Waals surface area contributed by atoms with Crippen LogP contribution in [0.2, 0.25) is 0 Å². The van der Waals surface area contributed by atoms with Crippen molar-refractivity contribution in [2.75, 3.05) is 6.54 Å². The van der Waals surface area contributed by atoms with Crippen LogP contribution >= 0.6 is 0 Å². The lowest BCUT2D eigenvalue weighted by molar-refractivity contribution is -0.132. The average Bonchev–Trinajstić information content (AvgIpc) is 3.09. The van der Waals surface area contributed by atoms with Gasteiger partial charge in [0, 0.05) is 6.54 Å². The fourth-order valence-corrected chi connectivity index (χ4v) is 3.00. The lowest BCUT2D eigenvalue weighted by Crippen LogP contribution is -2.38. The van der Waals surface area contributed by atoms with Crippen LogP contribution in [0.25, 0.3) is 0 Å². The molecule has 1 aliphatic rings. The molecule has 1 unspecified atom stereocenters. The van der Waals surface area contributed by atoms with E-state index >= 15 is 0 Å². The fraction of sp³-hybridized carbons (Fsp3) is 0.316. The van der Waals surface area contributed by atoms with Gasteiger partial charge in [0.15, 0.2) is 0 Å². The van der Waals surface area contributed by atoms with E-state index in [1.54, 1.807) is 12.1 Å². The van der Waals surface area contributed by atoms with Gasteiger partial charge in [-0.05, 0) is 36.1 Å². The van der Waals surface area contributed by atoms with Crippen molar-refractivity contribution in [3.8, 4) is 0 Å². The Labute approximate surface area is 140 Å². The molecule has 0 saturated carbocycles. The summed E-state index contributed by atoms with van der Waals surface area (Å²) in [7, 11) is 0. The van der Waals surface area contributed by atoms with E-state index < -0.39 is 12.1 Å². The van der Waals surface area contributed by atoms with Crippen LogP contribution in [-0.4, -0.2) is 24.7 Å². The third-order valence-electron chi connectivity index (χ3n) is 4.26. The summed E-state index contributed by atoms with van der Waals surface area (Å²) in [5.41, 5.74) is 7.19. The Kier molecular flexibility index (Phi) is 5.23. The highest BCUT2D eigenvalue weighted by Crippen LogP contribution is 2.25. The van der Waals surface area contributed by atoms with Gasteiger partial charge in [0.05, 0.1) is 12.1 Å². The second kappa shape index (κ2) is 7.55. The van der Waals surface area contributed by atoms with E-state index in [0.717, 1.165) is 12.0 Å². The Balaban J connectivity index is 1.82. The van der Waals surface area contributed by atoms with Gasteiger partial charge in [-0.2, -0.15) is 0 Å². The Bertz CT molecular complexity index is 693. The molecule has 126 valence electrons. The molecule has 1 saturated heterocycles. The molecule has 3 N–H and O–H groups in total. The molecule has 0 radical (unpaired) electrons. The molecule has 3 rings (SSSR count). The Morgan fingerprint density at radius 2 is 1.92 bits per heavy atom. The average molecular weight is 328 g/mol. The van der Waals surface area contributed by atoms with Crippen LogP contribution < -0.4 is 11.1 Å². The van der Waals surface area contributed by atoms with Crippen LogP contribution in [0.15, 0.2) is 54.6 Å². The maximum atomic E-state index is 13.6. The van der Waals surface area contributed by atoms with Gasteiger partial charge >= 0.3 is 0 Å². The van der Waals surface area contributed by atoms with Crippen molar-refractivity contribution in [1.82, 2.24) is 5.32 Å². The normalized spacial score (nSPS) is 21.4. The SMILES string of the molecule is NC[C@H]1CC[C@@H](C(=O)NC(c2ccccc2)c2cccc(F)c2)O1. The molecule has 0 bridgehead atoms. The number of hydrogen-bond acceptors (Lipinski definition) is 3. The van der Waals surface area contributed by atoms with Crippen molar-refractivity contribution < 1.29 is 13.9 Å². The first-order chi connectivity index (χ1) is 11.7. The molecule has 4 nitrogen and oxygen atoms in total. The lowest BCUT2D eigenvalue weighted by Gasteiger charge is -2.22. The van der Waals surface area contributed by atoms with Gasteiger partial charge in [0.2, 0.25) is 5.91 Å². The summed E-state index contributed by atoms with van der Waals surface area (Å²) in [6.45, 7) is 0.412. The van der Waals surface area contributed by atoms with Crippen molar-refractivity contribution in [3.05, 3.63) is 71.5 Å². The zero-order valence-corrected chi connectivity index (χ0v) is 13.3. The second-order valence-corrected chi connectivity index (χ2v) is 5.97. The minimum Gasteiger partial charge on any atom is -0.364 e. The smallest absolute Gasteiger partial charge is 0.249 e. The third kappa shape index (κ3) is 3.80. The number of hydrogen-bond donors (Lipinski definition) is 2. The molecule has 24 heavy (non-hydrogen) atoms. The van der Waals surface area contributed by atoms with Crippen molar-refractivity contribution in [3.63, 3.8) is 0 Å². The van der Waals surface area contributed by atoms with E-state index in [4.69, 9.17) is 10.5 Å². The van der Waals surface area contributed by atoms with Crippen LogP contribution in [-0.2, 0) is 9.53 Å². The summed E-state index contributed by atoms with van der Waals surface area (Å²) in [6.07, 6.45) is 0.867. The Hall–Kier alpha value is -2.24. The first-order valence-corrected chi connectivity index (χ1v) is 8.13. The van der Waals surface area contributed by atoms with Gasteiger partial charge in [-0.25, -0.2) is 4.39 Å². The predicted molar refractivity (Wildman–Crippen MR) is 89.8 cm³/mol. The summed E-state index contributed by atoms with van der Waals surface area (Å²) in [4.78, 5) is 12.6. The highest BCUT2D eigenvalue weighted by Gasteiger charge is 2.31. The number of nitrogens with one attached hydrogen (secondary N) is 1. The third-order valence-corrected chi connectivity index (χ3v) is 4.26. The number of amides is 1. The minimum absolute atomic E-state index is 0.0647. The van der Waals surface area contributed by atoms with Crippen molar-refractivity contribution >= 4 is 5.91 Å². The molecule has 0 spiro atoms. The monoisotopic (exact) mass is 328 g/mol. The van der Waals surface area contributed by atoms with Gasteiger partial charge in [-0.1, -0.05) is 42.5 Å². The van der Waals surface area contributed by atoms with E-state index in [1.807, 2.05) is 30.3 Å². The molecule has 0 aromatic heterocycles. The maximum Gasteiger partial charge on any atom is 0.249 e. The number of carbonyl (C=O) groups is 1. The lowest BCUT2D eigenvalue weighted by atomic mass is 9.98. The van der Waals surface area contributed by atoms with Crippen molar-refractivity contribution in [2.24, 2.45) is 5.73 Å². The molecule has 1 amide bonds. The van der Waals surface area contributed by atoms with Gasteiger partial charge in [0.25, 0.3) is 0 Å². The number of benzene rings is 2. The van der Waals surface area contributed by atoms with Crippen LogP contribution in [0.5, 0.6) is 0 Å². The fourth-order valence-electron chi connectivity index (χ4n) is 3.00. The number of nitrogens with two attached hydrogens (primary N) is 1. The molecule has 1 fully saturated rings. The highest BCUT2D eigenvalue weighted by atomic mass is 19.1. The largest absolute Gasteiger partial charge is 0.364 e. The van der Waals surface area contributed by atoms with Crippen molar-refractivity contribution in [2.45, 2.75) is 31.1 Å². The Morgan fingerprint density at radius 3 is 2.58 bits per heavy atom. The van der Waals surface area contributed by atoms with E-state index in [2.05, 4.69) is 5.32 Å².